The van der Waals surface area contributed by atoms with E-state index in [1.807, 2.05) is 7.05 Å². The lowest BCUT2D eigenvalue weighted by atomic mass is 9.82. The summed E-state index contributed by atoms with van der Waals surface area (Å²) in [5, 5.41) is 7.39. The van der Waals surface area contributed by atoms with Gasteiger partial charge in [0.2, 0.25) is 11.7 Å². The Bertz CT molecular complexity index is 581. The summed E-state index contributed by atoms with van der Waals surface area (Å²) in [6.45, 7) is 0. The predicted octanol–water partition coefficient (Wildman–Crippen LogP) is 3.20. The number of nitrogens with one attached hydrogen (secondary N) is 1. The zero-order chi connectivity index (χ0) is 14.7. The van der Waals surface area contributed by atoms with Gasteiger partial charge in [-0.25, -0.2) is 4.39 Å². The van der Waals surface area contributed by atoms with Crippen molar-refractivity contribution in [2.24, 2.45) is 5.92 Å². The molecule has 1 N–H and O–H groups in total. The van der Waals surface area contributed by atoms with Crippen LogP contribution in [-0.2, 0) is 6.42 Å². The molecule has 1 aliphatic carbocycles. The summed E-state index contributed by atoms with van der Waals surface area (Å²) in [5.41, 5.74) is 0.778. The molecular formula is C16H20FN3O. The van der Waals surface area contributed by atoms with Crippen LogP contribution >= 0.6 is 0 Å². The molecule has 0 saturated heterocycles. The van der Waals surface area contributed by atoms with Crippen molar-refractivity contribution in [1.29, 1.82) is 0 Å². The van der Waals surface area contributed by atoms with Crippen LogP contribution in [0.4, 0.5) is 4.39 Å². The van der Waals surface area contributed by atoms with Crippen molar-refractivity contribution in [2.75, 3.05) is 7.05 Å². The maximum atomic E-state index is 12.9. The highest BCUT2D eigenvalue weighted by atomic mass is 19.1. The fourth-order valence-electron chi connectivity index (χ4n) is 3.11. The van der Waals surface area contributed by atoms with Crippen molar-refractivity contribution in [3.63, 3.8) is 0 Å². The van der Waals surface area contributed by atoms with E-state index >= 15 is 0 Å². The molecule has 1 aliphatic rings. The van der Waals surface area contributed by atoms with Crippen LogP contribution in [0.2, 0.25) is 0 Å². The smallest absolute Gasteiger partial charge is 0.227 e. The van der Waals surface area contributed by atoms with Crippen LogP contribution in [0.1, 0.15) is 31.6 Å². The van der Waals surface area contributed by atoms with Crippen LogP contribution in [0, 0.1) is 11.7 Å². The summed E-state index contributed by atoms with van der Waals surface area (Å²) in [6, 6.07) is 6.68. The minimum absolute atomic E-state index is 0.262. The topological polar surface area (TPSA) is 51.0 Å². The normalized spacial score (nSPS) is 22.4. The molecule has 5 heteroatoms. The first-order valence-corrected chi connectivity index (χ1v) is 7.52. The number of rotatable bonds is 4. The van der Waals surface area contributed by atoms with E-state index < -0.39 is 0 Å². The second-order valence-corrected chi connectivity index (χ2v) is 5.66. The molecule has 0 bridgehead atoms. The van der Waals surface area contributed by atoms with Gasteiger partial charge in [0.25, 0.3) is 0 Å². The van der Waals surface area contributed by atoms with Gasteiger partial charge in [-0.15, -0.1) is 0 Å². The molecule has 0 spiro atoms. The van der Waals surface area contributed by atoms with E-state index in [0.29, 0.717) is 23.7 Å². The number of hydrogen-bond donors (Lipinski definition) is 1. The van der Waals surface area contributed by atoms with Gasteiger partial charge in [0.15, 0.2) is 0 Å². The minimum atomic E-state index is -0.262. The lowest BCUT2D eigenvalue weighted by Crippen LogP contribution is -2.37. The molecule has 1 aromatic heterocycles. The largest absolute Gasteiger partial charge is 0.339 e. The van der Waals surface area contributed by atoms with Crippen LogP contribution < -0.4 is 5.32 Å². The highest BCUT2D eigenvalue weighted by Gasteiger charge is 2.26. The van der Waals surface area contributed by atoms with Crippen molar-refractivity contribution < 1.29 is 8.91 Å². The number of nitrogens with zero attached hydrogens (tertiary/aromatic N) is 2. The monoisotopic (exact) mass is 289 g/mol. The number of halogens is 1. The van der Waals surface area contributed by atoms with Gasteiger partial charge >= 0.3 is 0 Å². The first-order chi connectivity index (χ1) is 10.3. The molecule has 4 nitrogen and oxygen atoms in total. The minimum Gasteiger partial charge on any atom is -0.339 e. The van der Waals surface area contributed by atoms with Gasteiger partial charge in [0.05, 0.1) is 0 Å². The molecule has 3 rings (SSSR count). The summed E-state index contributed by atoms with van der Waals surface area (Å²) in [7, 11) is 2.01. The first-order valence-electron chi connectivity index (χ1n) is 7.52. The molecule has 1 aromatic carbocycles. The molecule has 1 heterocycles. The van der Waals surface area contributed by atoms with Gasteiger partial charge in [-0.3, -0.25) is 0 Å². The van der Waals surface area contributed by atoms with E-state index in [4.69, 9.17) is 4.52 Å². The summed E-state index contributed by atoms with van der Waals surface area (Å²) in [6.07, 6.45) is 5.76. The molecule has 21 heavy (non-hydrogen) atoms. The van der Waals surface area contributed by atoms with Crippen molar-refractivity contribution in [2.45, 2.75) is 38.1 Å². The lowest BCUT2D eigenvalue weighted by Gasteiger charge is -2.30. The maximum Gasteiger partial charge on any atom is 0.227 e. The molecule has 1 saturated carbocycles. The highest BCUT2D eigenvalue weighted by molar-refractivity contribution is 5.53. The molecule has 1 fully saturated rings. The second-order valence-electron chi connectivity index (χ2n) is 5.66. The Kier molecular flexibility index (Phi) is 4.29. The third-order valence-corrected chi connectivity index (χ3v) is 4.29. The summed E-state index contributed by atoms with van der Waals surface area (Å²) < 4.78 is 18.3. The van der Waals surface area contributed by atoms with E-state index in [9.17, 15) is 4.39 Å². The van der Waals surface area contributed by atoms with Crippen molar-refractivity contribution in [1.82, 2.24) is 15.5 Å². The Morgan fingerprint density at radius 3 is 2.76 bits per heavy atom. The summed E-state index contributed by atoms with van der Waals surface area (Å²) in [4.78, 5) is 4.44. The average Bonchev–Trinajstić information content (AvgIpc) is 2.97. The van der Waals surface area contributed by atoms with Crippen molar-refractivity contribution in [3.05, 3.63) is 36.0 Å². The molecule has 0 amide bonds. The summed E-state index contributed by atoms with van der Waals surface area (Å²) >= 11 is 0. The standard InChI is InChI=1S/C16H20FN3O/c1-18-14-5-3-2-4-12(14)10-15-19-16(20-21-15)11-6-8-13(17)9-7-11/h6-9,12,14,18H,2-5,10H2,1H3. The van der Waals surface area contributed by atoms with Gasteiger partial charge in [-0.05, 0) is 50.1 Å². The van der Waals surface area contributed by atoms with E-state index in [1.54, 1.807) is 12.1 Å². The maximum absolute atomic E-state index is 12.9. The van der Waals surface area contributed by atoms with Crippen LogP contribution in [0.5, 0.6) is 0 Å². The Morgan fingerprint density at radius 2 is 2.00 bits per heavy atom. The number of aromatic nitrogens is 2. The van der Waals surface area contributed by atoms with Crippen LogP contribution in [0.25, 0.3) is 11.4 Å². The van der Waals surface area contributed by atoms with Gasteiger partial charge in [0.1, 0.15) is 5.82 Å². The fourth-order valence-corrected chi connectivity index (χ4v) is 3.11. The molecule has 2 aromatic rings. The van der Waals surface area contributed by atoms with Gasteiger partial charge in [0, 0.05) is 18.0 Å². The SMILES string of the molecule is CNC1CCCCC1Cc1nc(-c2ccc(F)cc2)no1. The Labute approximate surface area is 123 Å². The zero-order valence-electron chi connectivity index (χ0n) is 12.2. The third-order valence-electron chi connectivity index (χ3n) is 4.29. The van der Waals surface area contributed by atoms with Crippen molar-refractivity contribution in [3.8, 4) is 11.4 Å². The second kappa shape index (κ2) is 6.35. The quantitative estimate of drug-likeness (QED) is 0.939. The molecule has 2 unspecified atom stereocenters. The lowest BCUT2D eigenvalue weighted by molar-refractivity contribution is 0.248. The van der Waals surface area contributed by atoms with E-state index in [1.165, 1.54) is 37.8 Å². The first kappa shape index (κ1) is 14.2. The fraction of sp³-hybridized carbons (Fsp3) is 0.500. The van der Waals surface area contributed by atoms with Gasteiger partial charge in [-0.1, -0.05) is 18.0 Å². The average molecular weight is 289 g/mol. The summed E-state index contributed by atoms with van der Waals surface area (Å²) in [5.74, 6) is 1.48. The Morgan fingerprint density at radius 1 is 1.24 bits per heavy atom. The Hall–Kier alpha value is -1.75. The number of hydrogen-bond acceptors (Lipinski definition) is 4. The van der Waals surface area contributed by atoms with Crippen molar-refractivity contribution >= 4 is 0 Å². The molecule has 0 radical (unpaired) electrons. The van der Waals surface area contributed by atoms with E-state index in [-0.39, 0.29) is 5.82 Å². The number of benzene rings is 1. The Balaban J connectivity index is 1.71. The molecule has 2 atom stereocenters. The third kappa shape index (κ3) is 3.29. The molecule has 112 valence electrons. The van der Waals surface area contributed by atoms with Crippen LogP contribution in [0.3, 0.4) is 0 Å². The zero-order valence-corrected chi connectivity index (χ0v) is 12.2. The van der Waals surface area contributed by atoms with Gasteiger partial charge in [-0.2, -0.15) is 4.98 Å². The van der Waals surface area contributed by atoms with Crippen LogP contribution in [0.15, 0.2) is 28.8 Å². The molecule has 0 aliphatic heterocycles. The highest BCUT2D eigenvalue weighted by Crippen LogP contribution is 2.27. The molecular weight excluding hydrogens is 269 g/mol. The van der Waals surface area contributed by atoms with Gasteiger partial charge < -0.3 is 9.84 Å². The van der Waals surface area contributed by atoms with Crippen LogP contribution in [-0.4, -0.2) is 23.2 Å². The predicted molar refractivity (Wildman–Crippen MR) is 78.2 cm³/mol. The van der Waals surface area contributed by atoms with E-state index in [2.05, 4.69) is 15.5 Å². The van der Waals surface area contributed by atoms with E-state index in [0.717, 1.165) is 12.0 Å².